The molecule has 0 aliphatic rings. The maximum absolute atomic E-state index is 11.3. The van der Waals surface area contributed by atoms with E-state index in [1.807, 2.05) is 20.8 Å². The van der Waals surface area contributed by atoms with Gasteiger partial charge in [-0.3, -0.25) is 4.79 Å². The van der Waals surface area contributed by atoms with Crippen molar-refractivity contribution < 1.29 is 4.79 Å². The van der Waals surface area contributed by atoms with Crippen molar-refractivity contribution in [2.24, 2.45) is 0 Å². The van der Waals surface area contributed by atoms with Gasteiger partial charge in [0.25, 0.3) is 0 Å². The Morgan fingerprint density at radius 2 is 1.94 bits per heavy atom. The number of rotatable bonds is 5. The first kappa shape index (κ1) is 12.4. The molecule has 0 bridgehead atoms. The molecule has 1 aromatic heterocycles. The lowest BCUT2D eigenvalue weighted by Crippen LogP contribution is -2.14. The van der Waals surface area contributed by atoms with Gasteiger partial charge in [0, 0.05) is 12.5 Å². The van der Waals surface area contributed by atoms with Gasteiger partial charge in [0.05, 0.1) is 0 Å². The van der Waals surface area contributed by atoms with Crippen molar-refractivity contribution in [3.8, 4) is 0 Å². The first-order valence-electron chi connectivity index (χ1n) is 5.52. The summed E-state index contributed by atoms with van der Waals surface area (Å²) in [5.74, 6) is 1.18. The van der Waals surface area contributed by atoms with E-state index in [4.69, 9.17) is 0 Å². The predicted octanol–water partition coefficient (Wildman–Crippen LogP) is 2.04. The number of amides is 1. The molecule has 0 spiro atoms. The molecule has 2 N–H and O–H groups in total. The van der Waals surface area contributed by atoms with Gasteiger partial charge in [-0.05, 0) is 32.4 Å². The Morgan fingerprint density at radius 3 is 2.44 bits per heavy atom. The van der Waals surface area contributed by atoms with Crippen molar-refractivity contribution in [3.05, 3.63) is 12.1 Å². The molecule has 5 nitrogen and oxygen atoms in total. The largest absolute Gasteiger partial charge is 0.366 e. The minimum Gasteiger partial charge on any atom is -0.366 e. The Morgan fingerprint density at radius 1 is 1.31 bits per heavy atom. The van der Waals surface area contributed by atoms with Crippen LogP contribution in [0, 0.1) is 0 Å². The third-order valence-corrected chi connectivity index (χ3v) is 1.85. The summed E-state index contributed by atoms with van der Waals surface area (Å²) in [7, 11) is 0. The molecule has 1 heterocycles. The van der Waals surface area contributed by atoms with E-state index in [1.54, 1.807) is 12.1 Å². The molecule has 0 saturated carbocycles. The third-order valence-electron chi connectivity index (χ3n) is 1.85. The first-order valence-corrected chi connectivity index (χ1v) is 5.52. The average Bonchev–Trinajstić information content (AvgIpc) is 2.20. The molecule has 0 saturated heterocycles. The number of carbonyl (C=O) groups excluding carboxylic acids is 1. The van der Waals surface area contributed by atoms with Crippen LogP contribution < -0.4 is 10.6 Å². The molecule has 1 rings (SSSR count). The maximum atomic E-state index is 11.3. The number of carbonyl (C=O) groups is 1. The highest BCUT2D eigenvalue weighted by molar-refractivity contribution is 5.89. The lowest BCUT2D eigenvalue weighted by Gasteiger charge is -2.08. The second-order valence-electron chi connectivity index (χ2n) is 3.90. The zero-order valence-electron chi connectivity index (χ0n) is 9.95. The molecular weight excluding hydrogens is 204 g/mol. The summed E-state index contributed by atoms with van der Waals surface area (Å²) >= 11 is 0. The van der Waals surface area contributed by atoms with E-state index in [9.17, 15) is 4.79 Å². The van der Waals surface area contributed by atoms with Crippen molar-refractivity contribution >= 4 is 17.5 Å². The van der Waals surface area contributed by atoms with E-state index in [0.717, 1.165) is 6.42 Å². The van der Waals surface area contributed by atoms with Gasteiger partial charge in [-0.1, -0.05) is 6.92 Å². The monoisotopic (exact) mass is 222 g/mol. The molecular formula is C11H18N4O. The van der Waals surface area contributed by atoms with Crippen molar-refractivity contribution in [2.45, 2.75) is 39.7 Å². The zero-order chi connectivity index (χ0) is 12.0. The normalized spacial score (nSPS) is 10.2. The van der Waals surface area contributed by atoms with Gasteiger partial charge in [-0.15, -0.1) is 10.2 Å². The van der Waals surface area contributed by atoms with E-state index in [-0.39, 0.29) is 5.91 Å². The quantitative estimate of drug-likeness (QED) is 0.800. The molecule has 1 amide bonds. The van der Waals surface area contributed by atoms with Crippen LogP contribution in [0.3, 0.4) is 0 Å². The van der Waals surface area contributed by atoms with E-state index in [1.165, 1.54) is 0 Å². The number of anilines is 2. The van der Waals surface area contributed by atoms with Crippen molar-refractivity contribution in [1.29, 1.82) is 0 Å². The minimum atomic E-state index is -0.0265. The Hall–Kier alpha value is -1.65. The van der Waals surface area contributed by atoms with E-state index in [0.29, 0.717) is 24.1 Å². The summed E-state index contributed by atoms with van der Waals surface area (Å²) in [6.45, 7) is 6.01. The fourth-order valence-corrected chi connectivity index (χ4v) is 1.20. The highest BCUT2D eigenvalue weighted by atomic mass is 16.1. The molecule has 0 aromatic carbocycles. The van der Waals surface area contributed by atoms with Crippen LogP contribution in [0.15, 0.2) is 12.1 Å². The SMILES string of the molecule is CCCC(=O)Nc1ccc(NC(C)C)nn1. The summed E-state index contributed by atoms with van der Waals surface area (Å²) in [6, 6.07) is 3.86. The van der Waals surface area contributed by atoms with Gasteiger partial charge in [0.15, 0.2) is 5.82 Å². The zero-order valence-corrected chi connectivity index (χ0v) is 9.95. The van der Waals surface area contributed by atoms with Gasteiger partial charge in [0.2, 0.25) is 5.91 Å². The molecule has 16 heavy (non-hydrogen) atoms. The fraction of sp³-hybridized carbons (Fsp3) is 0.545. The number of hydrogen-bond donors (Lipinski definition) is 2. The standard InChI is InChI=1S/C11H18N4O/c1-4-5-11(16)13-10-7-6-9(14-15-10)12-8(2)3/h6-8H,4-5H2,1-3H3,(H,12,14)(H,13,15,16). The van der Waals surface area contributed by atoms with E-state index < -0.39 is 0 Å². The molecule has 0 atom stereocenters. The Balaban J connectivity index is 2.54. The summed E-state index contributed by atoms with van der Waals surface area (Å²) in [4.78, 5) is 11.3. The third kappa shape index (κ3) is 4.25. The molecule has 5 heteroatoms. The number of nitrogens with one attached hydrogen (secondary N) is 2. The Kier molecular flexibility index (Phi) is 4.69. The van der Waals surface area contributed by atoms with Crippen LogP contribution in [-0.2, 0) is 4.79 Å². The van der Waals surface area contributed by atoms with E-state index in [2.05, 4.69) is 20.8 Å². The molecule has 1 aromatic rings. The fourth-order valence-electron chi connectivity index (χ4n) is 1.20. The van der Waals surface area contributed by atoms with Crippen molar-refractivity contribution in [2.75, 3.05) is 10.6 Å². The molecule has 0 aliphatic heterocycles. The van der Waals surface area contributed by atoms with Gasteiger partial charge in [0.1, 0.15) is 5.82 Å². The number of aromatic nitrogens is 2. The lowest BCUT2D eigenvalue weighted by atomic mass is 10.3. The smallest absolute Gasteiger partial charge is 0.225 e. The molecule has 0 unspecified atom stereocenters. The van der Waals surface area contributed by atoms with Crippen molar-refractivity contribution in [3.63, 3.8) is 0 Å². The van der Waals surface area contributed by atoms with Gasteiger partial charge in [-0.2, -0.15) is 0 Å². The topological polar surface area (TPSA) is 66.9 Å². The average molecular weight is 222 g/mol. The second-order valence-corrected chi connectivity index (χ2v) is 3.90. The van der Waals surface area contributed by atoms with Gasteiger partial charge >= 0.3 is 0 Å². The van der Waals surface area contributed by atoms with E-state index >= 15 is 0 Å². The summed E-state index contributed by atoms with van der Waals surface area (Å²) < 4.78 is 0. The van der Waals surface area contributed by atoms with Gasteiger partial charge in [-0.25, -0.2) is 0 Å². The number of nitrogens with zero attached hydrogens (tertiary/aromatic N) is 2. The van der Waals surface area contributed by atoms with Crippen LogP contribution in [0.1, 0.15) is 33.6 Å². The predicted molar refractivity (Wildman–Crippen MR) is 64.3 cm³/mol. The number of hydrogen-bond acceptors (Lipinski definition) is 4. The second kappa shape index (κ2) is 6.05. The van der Waals surface area contributed by atoms with Crippen LogP contribution in [0.5, 0.6) is 0 Å². The van der Waals surface area contributed by atoms with Crippen LogP contribution in [-0.4, -0.2) is 22.1 Å². The maximum Gasteiger partial charge on any atom is 0.225 e. The Bertz CT molecular complexity index is 334. The van der Waals surface area contributed by atoms with Crippen LogP contribution in [0.25, 0.3) is 0 Å². The summed E-state index contributed by atoms with van der Waals surface area (Å²) in [6.07, 6.45) is 1.33. The van der Waals surface area contributed by atoms with Crippen LogP contribution in [0.2, 0.25) is 0 Å². The lowest BCUT2D eigenvalue weighted by molar-refractivity contribution is -0.116. The summed E-state index contributed by atoms with van der Waals surface area (Å²) in [5, 5.41) is 13.7. The highest BCUT2D eigenvalue weighted by Gasteiger charge is 2.03. The molecule has 0 radical (unpaired) electrons. The molecule has 0 aliphatic carbocycles. The minimum absolute atomic E-state index is 0.0265. The van der Waals surface area contributed by atoms with Gasteiger partial charge < -0.3 is 10.6 Å². The van der Waals surface area contributed by atoms with Crippen molar-refractivity contribution in [1.82, 2.24) is 10.2 Å². The summed E-state index contributed by atoms with van der Waals surface area (Å²) in [5.41, 5.74) is 0. The first-order chi connectivity index (χ1) is 7.61. The Labute approximate surface area is 95.7 Å². The van der Waals surface area contributed by atoms with Crippen LogP contribution in [0.4, 0.5) is 11.6 Å². The molecule has 0 fully saturated rings. The highest BCUT2D eigenvalue weighted by Crippen LogP contribution is 2.07. The van der Waals surface area contributed by atoms with Crippen LogP contribution >= 0.6 is 0 Å². The molecule has 88 valence electrons.